The molecular weight excluding hydrogens is 255 g/mol. The molecule has 4 nitrogen and oxygen atoms in total. The average Bonchev–Trinajstić information content (AvgIpc) is 2.32. The smallest absolute Gasteiger partial charge is 0.211 e. The molecule has 0 spiro atoms. The van der Waals surface area contributed by atoms with E-state index in [-0.39, 0.29) is 24.2 Å². The van der Waals surface area contributed by atoms with Crippen LogP contribution in [-0.2, 0) is 0 Å². The number of nitrogens with two attached hydrogens (primary N) is 2. The first-order valence-electron chi connectivity index (χ1n) is 4.97. The SMILES string of the molecule is Cl.NC(N)=N/N=C/c1ccc(F)c2ccccc12. The molecular formula is C12H12ClFN4. The van der Waals surface area contributed by atoms with E-state index < -0.39 is 0 Å². The molecule has 0 saturated carbocycles. The number of hydrogen-bond donors (Lipinski definition) is 2. The van der Waals surface area contributed by atoms with Gasteiger partial charge in [-0.3, -0.25) is 0 Å². The summed E-state index contributed by atoms with van der Waals surface area (Å²) in [5.41, 5.74) is 11.1. The molecule has 0 aliphatic carbocycles. The minimum atomic E-state index is -0.264. The number of hydrogen-bond acceptors (Lipinski definition) is 2. The van der Waals surface area contributed by atoms with Gasteiger partial charge in [0.2, 0.25) is 5.96 Å². The summed E-state index contributed by atoms with van der Waals surface area (Å²) in [6, 6.07) is 10.2. The lowest BCUT2D eigenvalue weighted by atomic mass is 10.1. The molecule has 0 atom stereocenters. The summed E-state index contributed by atoms with van der Waals surface area (Å²) in [6.45, 7) is 0. The monoisotopic (exact) mass is 266 g/mol. The van der Waals surface area contributed by atoms with Crippen molar-refractivity contribution in [2.75, 3.05) is 0 Å². The number of halogens is 2. The van der Waals surface area contributed by atoms with Crippen molar-refractivity contribution < 1.29 is 4.39 Å². The summed E-state index contributed by atoms with van der Waals surface area (Å²) < 4.78 is 13.5. The first-order chi connectivity index (χ1) is 8.18. The van der Waals surface area contributed by atoms with Gasteiger partial charge in [0.25, 0.3) is 0 Å². The second-order valence-electron chi connectivity index (χ2n) is 3.45. The summed E-state index contributed by atoms with van der Waals surface area (Å²) in [6.07, 6.45) is 1.49. The highest BCUT2D eigenvalue weighted by atomic mass is 35.5. The van der Waals surface area contributed by atoms with Gasteiger partial charge in [0.15, 0.2) is 0 Å². The third kappa shape index (κ3) is 2.95. The molecule has 94 valence electrons. The zero-order valence-electron chi connectivity index (χ0n) is 9.38. The lowest BCUT2D eigenvalue weighted by Crippen LogP contribution is -2.21. The zero-order chi connectivity index (χ0) is 12.3. The maximum absolute atomic E-state index is 13.5. The summed E-state index contributed by atoms with van der Waals surface area (Å²) in [7, 11) is 0. The fraction of sp³-hybridized carbons (Fsp3) is 0. The Labute approximate surface area is 110 Å². The number of nitrogens with zero attached hydrogens (tertiary/aromatic N) is 2. The number of guanidine groups is 1. The molecule has 0 fully saturated rings. The van der Waals surface area contributed by atoms with Gasteiger partial charge in [0.1, 0.15) is 5.82 Å². The molecule has 2 aromatic carbocycles. The second kappa shape index (κ2) is 5.97. The Morgan fingerprint density at radius 1 is 1.06 bits per heavy atom. The van der Waals surface area contributed by atoms with Crippen LogP contribution in [0.25, 0.3) is 10.8 Å². The molecule has 18 heavy (non-hydrogen) atoms. The molecule has 0 amide bonds. The topological polar surface area (TPSA) is 76.8 Å². The van der Waals surface area contributed by atoms with Gasteiger partial charge in [0.05, 0.1) is 6.21 Å². The van der Waals surface area contributed by atoms with Crippen molar-refractivity contribution in [1.29, 1.82) is 0 Å². The van der Waals surface area contributed by atoms with Crippen LogP contribution >= 0.6 is 12.4 Å². The van der Waals surface area contributed by atoms with Crippen molar-refractivity contribution in [2.24, 2.45) is 21.7 Å². The van der Waals surface area contributed by atoms with Gasteiger partial charge in [-0.05, 0) is 17.5 Å². The summed E-state index contributed by atoms with van der Waals surface area (Å²) in [5.74, 6) is -0.382. The zero-order valence-corrected chi connectivity index (χ0v) is 10.2. The molecule has 0 unspecified atom stereocenters. The second-order valence-corrected chi connectivity index (χ2v) is 3.45. The number of fused-ring (bicyclic) bond motifs is 1. The van der Waals surface area contributed by atoms with E-state index in [2.05, 4.69) is 10.2 Å². The first kappa shape index (κ1) is 13.9. The van der Waals surface area contributed by atoms with Crippen LogP contribution in [0, 0.1) is 5.82 Å². The van der Waals surface area contributed by atoms with Crippen LogP contribution in [0.5, 0.6) is 0 Å². The van der Waals surface area contributed by atoms with Gasteiger partial charge in [0, 0.05) is 10.9 Å². The van der Waals surface area contributed by atoms with Gasteiger partial charge in [-0.25, -0.2) is 4.39 Å². The molecule has 0 saturated heterocycles. The molecule has 0 heterocycles. The van der Waals surface area contributed by atoms with Crippen molar-refractivity contribution in [3.8, 4) is 0 Å². The lowest BCUT2D eigenvalue weighted by molar-refractivity contribution is 0.640. The van der Waals surface area contributed by atoms with Gasteiger partial charge in [-0.1, -0.05) is 24.3 Å². The van der Waals surface area contributed by atoms with E-state index in [1.807, 2.05) is 12.1 Å². The van der Waals surface area contributed by atoms with Crippen molar-refractivity contribution in [3.63, 3.8) is 0 Å². The predicted octanol–water partition coefficient (Wildman–Crippen LogP) is 2.01. The number of rotatable bonds is 2. The standard InChI is InChI=1S/C12H11FN4.ClH/c13-11-6-5-8(7-16-17-12(14)15)9-3-1-2-4-10(9)11;/h1-7H,(H4,14,15,17);1H/b16-7+;. The fourth-order valence-corrected chi connectivity index (χ4v) is 1.56. The summed E-state index contributed by atoms with van der Waals surface area (Å²) >= 11 is 0. The molecule has 4 N–H and O–H groups in total. The maximum atomic E-state index is 13.5. The Hall–Kier alpha value is -2.14. The quantitative estimate of drug-likeness (QED) is 0.496. The largest absolute Gasteiger partial charge is 0.369 e. The van der Waals surface area contributed by atoms with Crippen molar-refractivity contribution >= 4 is 35.4 Å². The van der Waals surface area contributed by atoms with E-state index in [1.165, 1.54) is 12.3 Å². The molecule has 0 bridgehead atoms. The van der Waals surface area contributed by atoms with Gasteiger partial charge in [-0.15, -0.1) is 17.5 Å². The fourth-order valence-electron chi connectivity index (χ4n) is 1.56. The molecule has 0 radical (unpaired) electrons. The van der Waals surface area contributed by atoms with Gasteiger partial charge >= 0.3 is 0 Å². The van der Waals surface area contributed by atoms with Crippen LogP contribution in [0.15, 0.2) is 46.6 Å². The first-order valence-corrected chi connectivity index (χ1v) is 4.97. The maximum Gasteiger partial charge on any atom is 0.211 e. The Kier molecular flexibility index (Phi) is 4.62. The minimum absolute atomic E-state index is 0. The van der Waals surface area contributed by atoms with E-state index in [4.69, 9.17) is 11.5 Å². The van der Waals surface area contributed by atoms with Crippen LogP contribution in [0.4, 0.5) is 4.39 Å². The van der Waals surface area contributed by atoms with Crippen LogP contribution in [0.3, 0.4) is 0 Å². The molecule has 0 aliphatic heterocycles. The Balaban J connectivity index is 0.00000162. The highest BCUT2D eigenvalue weighted by molar-refractivity contribution is 6.00. The van der Waals surface area contributed by atoms with Crippen LogP contribution in [0.1, 0.15) is 5.56 Å². The van der Waals surface area contributed by atoms with Crippen molar-refractivity contribution in [3.05, 3.63) is 47.8 Å². The molecule has 0 aliphatic rings. The highest BCUT2D eigenvalue weighted by Crippen LogP contribution is 2.20. The molecule has 0 aromatic heterocycles. The highest BCUT2D eigenvalue weighted by Gasteiger charge is 2.02. The lowest BCUT2D eigenvalue weighted by Gasteiger charge is -2.02. The molecule has 6 heteroatoms. The number of benzene rings is 2. The van der Waals surface area contributed by atoms with E-state index >= 15 is 0 Å². The summed E-state index contributed by atoms with van der Waals surface area (Å²) in [4.78, 5) is 0. The van der Waals surface area contributed by atoms with Crippen molar-refractivity contribution in [1.82, 2.24) is 0 Å². The Morgan fingerprint density at radius 2 is 1.72 bits per heavy atom. The third-order valence-corrected chi connectivity index (χ3v) is 2.27. The summed E-state index contributed by atoms with van der Waals surface area (Å²) in [5, 5.41) is 8.52. The van der Waals surface area contributed by atoms with Crippen molar-refractivity contribution in [2.45, 2.75) is 0 Å². The Morgan fingerprint density at radius 3 is 2.39 bits per heavy atom. The van der Waals surface area contributed by atoms with E-state index in [9.17, 15) is 4.39 Å². The van der Waals surface area contributed by atoms with E-state index in [0.29, 0.717) is 5.39 Å². The molecule has 2 rings (SSSR count). The van der Waals surface area contributed by atoms with E-state index in [0.717, 1.165) is 10.9 Å². The van der Waals surface area contributed by atoms with Gasteiger partial charge in [-0.2, -0.15) is 5.10 Å². The van der Waals surface area contributed by atoms with E-state index in [1.54, 1.807) is 18.2 Å². The van der Waals surface area contributed by atoms with Crippen LogP contribution < -0.4 is 11.5 Å². The Bertz CT molecular complexity index is 606. The van der Waals surface area contributed by atoms with Crippen LogP contribution in [-0.4, -0.2) is 12.2 Å². The normalized spacial score (nSPS) is 10.3. The van der Waals surface area contributed by atoms with Gasteiger partial charge < -0.3 is 11.5 Å². The van der Waals surface area contributed by atoms with Crippen LogP contribution in [0.2, 0.25) is 0 Å². The predicted molar refractivity (Wildman–Crippen MR) is 74.6 cm³/mol. The third-order valence-electron chi connectivity index (χ3n) is 2.27. The average molecular weight is 267 g/mol. The molecule has 2 aromatic rings. The minimum Gasteiger partial charge on any atom is -0.369 e.